The number of carbonyl (C=O) groups is 1. The third-order valence-electron chi connectivity index (χ3n) is 8.57. The van der Waals surface area contributed by atoms with E-state index in [1.165, 1.54) is 6.33 Å². The fourth-order valence-electron chi connectivity index (χ4n) is 5.99. The lowest BCUT2D eigenvalue weighted by atomic mass is 9.75. The number of amides is 1. The number of piperidine rings is 1. The number of benzene rings is 1. The molecule has 0 radical (unpaired) electrons. The van der Waals surface area contributed by atoms with Crippen LogP contribution < -0.4 is 10.1 Å². The Hall–Kier alpha value is -3.38. The van der Waals surface area contributed by atoms with Gasteiger partial charge >= 0.3 is 6.09 Å². The molecule has 4 aromatic rings. The highest BCUT2D eigenvalue weighted by molar-refractivity contribution is 6.76. The van der Waals surface area contributed by atoms with Crippen LogP contribution in [0.3, 0.4) is 0 Å². The first-order valence-electron chi connectivity index (χ1n) is 15.9. The first kappa shape index (κ1) is 34.9. The van der Waals surface area contributed by atoms with Gasteiger partial charge in [-0.2, -0.15) is 0 Å². The van der Waals surface area contributed by atoms with Crippen LogP contribution in [0.2, 0.25) is 35.7 Å². The number of hydrogen-bond donors (Lipinski definition) is 2. The molecule has 1 saturated heterocycles. The Morgan fingerprint density at radius 2 is 1.91 bits per heavy atom. The molecule has 0 spiro atoms. The SMILES string of the molecule is CC(C)(C)C1CC(c2cn(COCC[Si](C)(C)C)c3ncnc(Nc4cc(Cl)c(OCc5ccccn5)cc4Cl)c23)CCN1C(=O)O. The smallest absolute Gasteiger partial charge is 0.407 e. The minimum Gasteiger partial charge on any atom is -0.486 e. The molecular formula is C34H44Cl2N6O4Si. The van der Waals surface area contributed by atoms with E-state index in [0.717, 1.165) is 28.3 Å². The maximum Gasteiger partial charge on any atom is 0.407 e. The highest BCUT2D eigenvalue weighted by Gasteiger charge is 2.40. The standard InChI is InChI=1S/C34H44Cl2N6O4Si/c1-34(2,3)29-15-22(10-12-42(29)33(43)44)24-18-41(21-45-13-14-47(4,5)6)32-30(24)31(38-20-39-32)40-27-16-26(36)28(17-25(27)35)46-19-23-9-7-8-11-37-23/h7-9,11,16-18,20,22,29H,10,12-15,19,21H2,1-6H3,(H,43,44)(H,38,39,40). The van der Waals surface area contributed by atoms with E-state index in [-0.39, 0.29) is 24.0 Å². The molecule has 0 aliphatic carbocycles. The van der Waals surface area contributed by atoms with Crippen molar-refractivity contribution in [1.29, 1.82) is 0 Å². The second-order valence-corrected chi connectivity index (χ2v) is 20.8. The predicted molar refractivity (Wildman–Crippen MR) is 190 cm³/mol. The number of likely N-dealkylation sites (tertiary alicyclic amines) is 1. The minimum absolute atomic E-state index is 0.0774. The van der Waals surface area contributed by atoms with Crippen LogP contribution in [0.4, 0.5) is 16.3 Å². The number of rotatable bonds is 11. The number of halogens is 2. The Morgan fingerprint density at radius 3 is 2.60 bits per heavy atom. The van der Waals surface area contributed by atoms with Crippen LogP contribution in [0.1, 0.15) is 50.8 Å². The van der Waals surface area contributed by atoms with Crippen LogP contribution in [-0.2, 0) is 18.1 Å². The van der Waals surface area contributed by atoms with Gasteiger partial charge in [-0.15, -0.1) is 0 Å². The molecule has 47 heavy (non-hydrogen) atoms. The molecule has 0 bridgehead atoms. The van der Waals surface area contributed by atoms with E-state index < -0.39 is 14.2 Å². The molecular weight excluding hydrogens is 655 g/mol. The molecule has 13 heteroatoms. The molecule has 4 heterocycles. The number of fused-ring (bicyclic) bond motifs is 1. The molecule has 1 aromatic carbocycles. The van der Waals surface area contributed by atoms with Gasteiger partial charge in [0.25, 0.3) is 0 Å². The van der Waals surface area contributed by atoms with Crippen molar-refractivity contribution in [3.8, 4) is 5.75 Å². The summed E-state index contributed by atoms with van der Waals surface area (Å²) in [6.45, 7) is 15.0. The van der Waals surface area contributed by atoms with Crippen molar-refractivity contribution in [3.05, 3.63) is 70.4 Å². The summed E-state index contributed by atoms with van der Waals surface area (Å²) >= 11 is 13.4. The lowest BCUT2D eigenvalue weighted by Gasteiger charge is -2.44. The largest absolute Gasteiger partial charge is 0.486 e. The normalized spacial score (nSPS) is 17.2. The Bertz CT molecular complexity index is 1710. The third kappa shape index (κ3) is 8.56. The van der Waals surface area contributed by atoms with Gasteiger partial charge in [0.05, 0.1) is 26.8 Å². The molecule has 1 aliphatic rings. The van der Waals surface area contributed by atoms with Gasteiger partial charge < -0.3 is 29.4 Å². The molecule has 0 saturated carbocycles. The lowest BCUT2D eigenvalue weighted by Crippen LogP contribution is -2.51. The van der Waals surface area contributed by atoms with Gasteiger partial charge in [-0.25, -0.2) is 14.8 Å². The van der Waals surface area contributed by atoms with Gasteiger partial charge in [-0.05, 0) is 54.0 Å². The van der Waals surface area contributed by atoms with Gasteiger partial charge in [0.1, 0.15) is 36.9 Å². The molecule has 5 rings (SSSR count). The average molecular weight is 700 g/mol. The van der Waals surface area contributed by atoms with Gasteiger partial charge in [0.2, 0.25) is 0 Å². The number of anilines is 2. The summed E-state index contributed by atoms with van der Waals surface area (Å²) in [6.07, 6.45) is 5.81. The van der Waals surface area contributed by atoms with Crippen LogP contribution >= 0.6 is 23.2 Å². The number of carboxylic acid groups (broad SMARTS) is 1. The highest BCUT2D eigenvalue weighted by atomic mass is 35.5. The summed E-state index contributed by atoms with van der Waals surface area (Å²) in [5, 5.41) is 15.1. The van der Waals surface area contributed by atoms with E-state index in [4.69, 9.17) is 37.7 Å². The fourth-order valence-corrected chi connectivity index (χ4v) is 7.17. The Balaban J connectivity index is 1.48. The zero-order valence-corrected chi connectivity index (χ0v) is 30.4. The lowest BCUT2D eigenvalue weighted by molar-refractivity contribution is 0.0526. The van der Waals surface area contributed by atoms with E-state index in [9.17, 15) is 9.90 Å². The molecule has 2 atom stereocenters. The number of nitrogens with one attached hydrogen (secondary N) is 1. The van der Waals surface area contributed by atoms with Gasteiger partial charge in [-0.3, -0.25) is 4.98 Å². The van der Waals surface area contributed by atoms with Crippen LogP contribution in [-0.4, -0.2) is 62.9 Å². The molecule has 252 valence electrons. The number of hydrogen-bond acceptors (Lipinski definition) is 7. The first-order chi connectivity index (χ1) is 22.2. The number of nitrogens with zero attached hydrogens (tertiary/aromatic N) is 5. The van der Waals surface area contributed by atoms with Gasteiger partial charge in [0.15, 0.2) is 0 Å². The van der Waals surface area contributed by atoms with Crippen molar-refractivity contribution in [2.45, 2.75) is 84.6 Å². The summed E-state index contributed by atoms with van der Waals surface area (Å²) in [6, 6.07) is 9.93. The van der Waals surface area contributed by atoms with Crippen molar-refractivity contribution in [3.63, 3.8) is 0 Å². The maximum atomic E-state index is 12.2. The van der Waals surface area contributed by atoms with Crippen LogP contribution in [0.25, 0.3) is 11.0 Å². The zero-order chi connectivity index (χ0) is 33.9. The summed E-state index contributed by atoms with van der Waals surface area (Å²) in [7, 11) is -1.26. The number of pyridine rings is 1. The molecule has 2 unspecified atom stereocenters. The Labute approximate surface area is 287 Å². The van der Waals surface area contributed by atoms with Crippen LogP contribution in [0.5, 0.6) is 5.75 Å². The molecule has 2 N–H and O–H groups in total. The monoisotopic (exact) mass is 698 g/mol. The van der Waals surface area contributed by atoms with Crippen molar-refractivity contribution in [2.75, 3.05) is 18.5 Å². The van der Waals surface area contributed by atoms with Crippen molar-refractivity contribution in [1.82, 2.24) is 24.4 Å². The first-order valence-corrected chi connectivity index (χ1v) is 20.4. The van der Waals surface area contributed by atoms with Crippen molar-refractivity contribution in [2.24, 2.45) is 5.41 Å². The highest BCUT2D eigenvalue weighted by Crippen LogP contribution is 2.44. The number of aromatic nitrogens is 4. The maximum absolute atomic E-state index is 12.2. The van der Waals surface area contributed by atoms with E-state index in [1.54, 1.807) is 23.2 Å². The van der Waals surface area contributed by atoms with E-state index in [2.05, 4.69) is 61.9 Å². The minimum atomic E-state index is -1.26. The van der Waals surface area contributed by atoms with Crippen molar-refractivity contribution >= 4 is 59.9 Å². The van der Waals surface area contributed by atoms with Gasteiger partial charge in [0, 0.05) is 45.7 Å². The van der Waals surface area contributed by atoms with Gasteiger partial charge in [-0.1, -0.05) is 69.7 Å². The third-order valence-corrected chi connectivity index (χ3v) is 10.9. The summed E-state index contributed by atoms with van der Waals surface area (Å²) < 4.78 is 14.1. The molecule has 1 fully saturated rings. The molecule has 3 aromatic heterocycles. The zero-order valence-electron chi connectivity index (χ0n) is 27.9. The number of ether oxygens (including phenoxy) is 2. The van der Waals surface area contributed by atoms with E-state index in [1.807, 2.05) is 22.8 Å². The molecule has 10 nitrogen and oxygen atoms in total. The summed E-state index contributed by atoms with van der Waals surface area (Å²) in [5.74, 6) is 1.11. The fraction of sp³-hybridized carbons (Fsp3) is 0.471. The van der Waals surface area contributed by atoms with Crippen molar-refractivity contribution < 1.29 is 19.4 Å². The van der Waals surface area contributed by atoms with E-state index >= 15 is 0 Å². The molecule has 1 amide bonds. The Kier molecular flexibility index (Phi) is 10.7. The summed E-state index contributed by atoms with van der Waals surface area (Å²) in [5.41, 5.74) is 2.89. The second-order valence-electron chi connectivity index (χ2n) is 14.4. The Morgan fingerprint density at radius 1 is 1.13 bits per heavy atom. The quantitative estimate of drug-likeness (QED) is 0.118. The van der Waals surface area contributed by atoms with Crippen LogP contribution in [0.15, 0.2) is 49.1 Å². The summed E-state index contributed by atoms with van der Waals surface area (Å²) in [4.78, 5) is 27.4. The predicted octanol–water partition coefficient (Wildman–Crippen LogP) is 9.04. The molecule has 1 aliphatic heterocycles. The van der Waals surface area contributed by atoms with E-state index in [0.29, 0.717) is 60.0 Å². The van der Waals surface area contributed by atoms with Crippen LogP contribution in [0, 0.1) is 5.41 Å². The average Bonchev–Trinajstić information content (AvgIpc) is 3.39. The second kappa shape index (κ2) is 14.4. The topological polar surface area (TPSA) is 115 Å².